The van der Waals surface area contributed by atoms with Crippen LogP contribution in [-0.4, -0.2) is 34.7 Å². The molecule has 18 heavy (non-hydrogen) atoms. The van der Waals surface area contributed by atoms with Crippen molar-refractivity contribution >= 4 is 0 Å². The molecule has 3 rings (SSSR count). The Labute approximate surface area is 106 Å². The fourth-order valence-electron chi connectivity index (χ4n) is 2.36. The van der Waals surface area contributed by atoms with E-state index >= 15 is 0 Å². The molecule has 1 saturated heterocycles. The molecule has 0 radical (unpaired) electrons. The van der Waals surface area contributed by atoms with Gasteiger partial charge in [-0.25, -0.2) is 0 Å². The van der Waals surface area contributed by atoms with Crippen LogP contribution in [0, 0.1) is 0 Å². The summed E-state index contributed by atoms with van der Waals surface area (Å²) in [5.41, 5.74) is 2.22. The first-order chi connectivity index (χ1) is 8.93. The monoisotopic (exact) mass is 244 g/mol. The Morgan fingerprint density at radius 3 is 3.22 bits per heavy atom. The highest BCUT2D eigenvalue weighted by Crippen LogP contribution is 2.22. The van der Waals surface area contributed by atoms with Crippen molar-refractivity contribution in [3.05, 3.63) is 48.1 Å². The van der Waals surface area contributed by atoms with Gasteiger partial charge in [0, 0.05) is 50.7 Å². The SMILES string of the molecule is c1cncc(C2CNCCN2Cc2ccon2)c1. The van der Waals surface area contributed by atoms with Crippen molar-refractivity contribution in [2.75, 3.05) is 19.6 Å². The van der Waals surface area contributed by atoms with E-state index in [-0.39, 0.29) is 0 Å². The third kappa shape index (κ3) is 2.42. The van der Waals surface area contributed by atoms with Crippen molar-refractivity contribution in [2.45, 2.75) is 12.6 Å². The molecule has 0 amide bonds. The van der Waals surface area contributed by atoms with Gasteiger partial charge in [-0.1, -0.05) is 11.2 Å². The highest BCUT2D eigenvalue weighted by atomic mass is 16.5. The molecule has 1 unspecified atom stereocenters. The van der Waals surface area contributed by atoms with Crippen LogP contribution in [0.4, 0.5) is 0 Å². The van der Waals surface area contributed by atoms with Crippen molar-refractivity contribution in [3.8, 4) is 0 Å². The Morgan fingerprint density at radius 1 is 1.44 bits per heavy atom. The first-order valence-corrected chi connectivity index (χ1v) is 6.17. The second-order valence-electron chi connectivity index (χ2n) is 4.47. The molecule has 5 nitrogen and oxygen atoms in total. The maximum atomic E-state index is 4.89. The molecule has 94 valence electrons. The molecule has 2 aromatic heterocycles. The van der Waals surface area contributed by atoms with Crippen LogP contribution in [0.15, 0.2) is 41.4 Å². The van der Waals surface area contributed by atoms with Crippen LogP contribution in [0.25, 0.3) is 0 Å². The summed E-state index contributed by atoms with van der Waals surface area (Å²) >= 11 is 0. The predicted molar refractivity (Wildman–Crippen MR) is 66.8 cm³/mol. The molecule has 1 atom stereocenters. The van der Waals surface area contributed by atoms with Gasteiger partial charge in [0.2, 0.25) is 0 Å². The van der Waals surface area contributed by atoms with Gasteiger partial charge in [-0.2, -0.15) is 0 Å². The van der Waals surface area contributed by atoms with E-state index in [0.29, 0.717) is 6.04 Å². The highest BCUT2D eigenvalue weighted by Gasteiger charge is 2.24. The number of pyridine rings is 1. The Hall–Kier alpha value is -1.72. The predicted octanol–water partition coefficient (Wildman–Crippen LogP) is 1.22. The average molecular weight is 244 g/mol. The molecule has 1 N–H and O–H groups in total. The van der Waals surface area contributed by atoms with Crippen molar-refractivity contribution < 1.29 is 4.52 Å². The number of rotatable bonds is 3. The maximum Gasteiger partial charge on any atom is 0.124 e. The van der Waals surface area contributed by atoms with Crippen LogP contribution in [-0.2, 0) is 6.54 Å². The van der Waals surface area contributed by atoms with Crippen LogP contribution >= 0.6 is 0 Å². The minimum atomic E-state index is 0.351. The summed E-state index contributed by atoms with van der Waals surface area (Å²) in [6, 6.07) is 6.38. The number of hydrogen-bond donors (Lipinski definition) is 1. The zero-order valence-corrected chi connectivity index (χ0v) is 10.1. The summed E-state index contributed by atoms with van der Waals surface area (Å²) in [5, 5.41) is 7.42. The van der Waals surface area contributed by atoms with E-state index in [9.17, 15) is 0 Å². The summed E-state index contributed by atoms with van der Waals surface area (Å²) < 4.78 is 4.89. The molecule has 1 aliphatic heterocycles. The molecule has 1 fully saturated rings. The van der Waals surface area contributed by atoms with E-state index in [4.69, 9.17) is 4.52 Å². The molecule has 0 aromatic carbocycles. The molecule has 3 heterocycles. The van der Waals surface area contributed by atoms with Crippen molar-refractivity contribution in [3.63, 3.8) is 0 Å². The molecule has 0 spiro atoms. The van der Waals surface area contributed by atoms with Gasteiger partial charge in [-0.3, -0.25) is 9.88 Å². The Balaban J connectivity index is 1.78. The molecular weight excluding hydrogens is 228 g/mol. The van der Waals surface area contributed by atoms with Gasteiger partial charge >= 0.3 is 0 Å². The third-order valence-electron chi connectivity index (χ3n) is 3.28. The zero-order chi connectivity index (χ0) is 12.2. The van der Waals surface area contributed by atoms with Gasteiger partial charge in [0.15, 0.2) is 0 Å². The van der Waals surface area contributed by atoms with Crippen LogP contribution in [0.5, 0.6) is 0 Å². The summed E-state index contributed by atoms with van der Waals surface area (Å²) in [6.45, 7) is 3.78. The smallest absolute Gasteiger partial charge is 0.124 e. The van der Waals surface area contributed by atoms with Crippen molar-refractivity contribution in [1.82, 2.24) is 20.4 Å². The fourth-order valence-corrected chi connectivity index (χ4v) is 2.36. The lowest BCUT2D eigenvalue weighted by molar-refractivity contribution is 0.149. The molecule has 1 aliphatic rings. The van der Waals surface area contributed by atoms with Gasteiger partial charge in [0.25, 0.3) is 0 Å². The fraction of sp³-hybridized carbons (Fsp3) is 0.385. The Morgan fingerprint density at radius 2 is 2.44 bits per heavy atom. The lowest BCUT2D eigenvalue weighted by Gasteiger charge is -2.35. The largest absolute Gasteiger partial charge is 0.364 e. The van der Waals surface area contributed by atoms with Crippen LogP contribution in [0.3, 0.4) is 0 Å². The lowest BCUT2D eigenvalue weighted by atomic mass is 10.1. The minimum Gasteiger partial charge on any atom is -0.364 e. The molecule has 0 bridgehead atoms. The normalized spacial score (nSPS) is 21.0. The van der Waals surface area contributed by atoms with Crippen molar-refractivity contribution in [2.24, 2.45) is 0 Å². The van der Waals surface area contributed by atoms with E-state index in [1.165, 1.54) is 5.56 Å². The molecule has 0 saturated carbocycles. The first kappa shape index (κ1) is 11.4. The van der Waals surface area contributed by atoms with Gasteiger partial charge in [0.1, 0.15) is 6.26 Å². The standard InChI is InChI=1S/C13H16N4O/c1-2-11(8-14-4-1)13-9-15-5-6-17(13)10-12-3-7-18-16-12/h1-4,7-8,13,15H,5-6,9-10H2. The van der Waals surface area contributed by atoms with Crippen LogP contribution in [0.1, 0.15) is 17.3 Å². The van der Waals surface area contributed by atoms with Crippen molar-refractivity contribution in [1.29, 1.82) is 0 Å². The molecule has 0 aliphatic carbocycles. The Kier molecular flexibility index (Phi) is 3.34. The highest BCUT2D eigenvalue weighted by molar-refractivity contribution is 5.16. The van der Waals surface area contributed by atoms with Gasteiger partial charge < -0.3 is 9.84 Å². The maximum absolute atomic E-state index is 4.89. The topological polar surface area (TPSA) is 54.2 Å². The summed E-state index contributed by atoms with van der Waals surface area (Å²) in [6.07, 6.45) is 5.37. The number of piperazine rings is 1. The second kappa shape index (κ2) is 5.29. The van der Waals surface area contributed by atoms with Crippen LogP contribution < -0.4 is 5.32 Å². The number of nitrogens with one attached hydrogen (secondary N) is 1. The quantitative estimate of drug-likeness (QED) is 0.879. The third-order valence-corrected chi connectivity index (χ3v) is 3.28. The Bertz CT molecular complexity index is 471. The minimum absolute atomic E-state index is 0.351. The van der Waals surface area contributed by atoms with Gasteiger partial charge in [-0.05, 0) is 11.6 Å². The van der Waals surface area contributed by atoms with E-state index in [1.807, 2.05) is 24.5 Å². The number of hydrogen-bond acceptors (Lipinski definition) is 5. The van der Waals surface area contributed by atoms with Crippen LogP contribution in [0.2, 0.25) is 0 Å². The molecule has 2 aromatic rings. The van der Waals surface area contributed by atoms with Gasteiger partial charge in [0.05, 0.1) is 5.69 Å². The van der Waals surface area contributed by atoms with E-state index < -0.39 is 0 Å². The first-order valence-electron chi connectivity index (χ1n) is 6.17. The molecular formula is C13H16N4O. The van der Waals surface area contributed by atoms with E-state index in [0.717, 1.165) is 31.9 Å². The van der Waals surface area contributed by atoms with Gasteiger partial charge in [-0.15, -0.1) is 0 Å². The van der Waals surface area contributed by atoms with E-state index in [1.54, 1.807) is 6.26 Å². The number of aromatic nitrogens is 2. The molecule has 5 heteroatoms. The summed E-state index contributed by atoms with van der Waals surface area (Å²) in [7, 11) is 0. The summed E-state index contributed by atoms with van der Waals surface area (Å²) in [4.78, 5) is 6.61. The summed E-state index contributed by atoms with van der Waals surface area (Å²) in [5.74, 6) is 0. The zero-order valence-electron chi connectivity index (χ0n) is 10.1. The van der Waals surface area contributed by atoms with E-state index in [2.05, 4.69) is 26.4 Å². The second-order valence-corrected chi connectivity index (χ2v) is 4.47. The number of nitrogens with zero attached hydrogens (tertiary/aromatic N) is 3. The average Bonchev–Trinajstić information content (AvgIpc) is 2.93. The lowest BCUT2D eigenvalue weighted by Crippen LogP contribution is -2.45.